The molecule has 1 heterocycles. The third-order valence-electron chi connectivity index (χ3n) is 1.84. The second kappa shape index (κ2) is 6.66. The van der Waals surface area contributed by atoms with E-state index in [1.54, 1.807) is 6.20 Å². The summed E-state index contributed by atoms with van der Waals surface area (Å²) in [5.74, 6) is 1.55. The van der Waals surface area contributed by atoms with Crippen LogP contribution in [0.1, 0.15) is 25.3 Å². The van der Waals surface area contributed by atoms with Crippen LogP contribution in [0.15, 0.2) is 18.5 Å². The maximum Gasteiger partial charge on any atom is 0.137 e. The monoisotopic (exact) mass is 213 g/mol. The Labute approximate surface area is 90.3 Å². The molecule has 0 aliphatic heterocycles. The topological polar surface area (TPSA) is 22.1 Å². The lowest BCUT2D eigenvalue weighted by atomic mass is 10.2. The van der Waals surface area contributed by atoms with E-state index in [-0.39, 0.29) is 0 Å². The van der Waals surface area contributed by atoms with E-state index in [1.807, 2.05) is 12.3 Å². The number of hydrogen-bond acceptors (Lipinski definition) is 2. The highest BCUT2D eigenvalue weighted by Crippen LogP contribution is 2.12. The van der Waals surface area contributed by atoms with Crippen LogP contribution in [0.25, 0.3) is 0 Å². The number of ether oxygens (including phenoxy) is 1. The fourth-order valence-corrected chi connectivity index (χ4v) is 1.30. The Morgan fingerprint density at radius 2 is 2.29 bits per heavy atom. The van der Waals surface area contributed by atoms with Crippen molar-refractivity contribution in [2.75, 3.05) is 12.5 Å². The standard InChI is InChI=1S/C11H16ClNO/c1-2-6-14-11-7-10(4-3-5-12)8-13-9-11/h7-9H,2-6H2,1H3. The zero-order chi connectivity index (χ0) is 10.2. The van der Waals surface area contributed by atoms with E-state index in [1.165, 1.54) is 5.56 Å². The zero-order valence-corrected chi connectivity index (χ0v) is 9.26. The summed E-state index contributed by atoms with van der Waals surface area (Å²) in [6, 6.07) is 2.04. The first kappa shape index (κ1) is 11.3. The van der Waals surface area contributed by atoms with Gasteiger partial charge in [-0.3, -0.25) is 4.98 Å². The lowest BCUT2D eigenvalue weighted by Gasteiger charge is -2.05. The minimum Gasteiger partial charge on any atom is -0.492 e. The minimum absolute atomic E-state index is 0.694. The second-order valence-electron chi connectivity index (χ2n) is 3.17. The first-order chi connectivity index (χ1) is 6.86. The summed E-state index contributed by atoms with van der Waals surface area (Å²) >= 11 is 5.62. The van der Waals surface area contributed by atoms with Crippen LogP contribution in [0.2, 0.25) is 0 Å². The van der Waals surface area contributed by atoms with Gasteiger partial charge in [0.15, 0.2) is 0 Å². The van der Waals surface area contributed by atoms with Gasteiger partial charge in [-0.1, -0.05) is 6.92 Å². The number of halogens is 1. The van der Waals surface area contributed by atoms with Gasteiger partial charge in [0.25, 0.3) is 0 Å². The molecule has 0 saturated carbocycles. The Kier molecular flexibility index (Phi) is 5.38. The fraction of sp³-hybridized carbons (Fsp3) is 0.545. The summed E-state index contributed by atoms with van der Waals surface area (Å²) in [6.45, 7) is 2.84. The van der Waals surface area contributed by atoms with Crippen molar-refractivity contribution in [3.05, 3.63) is 24.0 Å². The van der Waals surface area contributed by atoms with E-state index in [0.29, 0.717) is 5.88 Å². The summed E-state index contributed by atoms with van der Waals surface area (Å²) in [4.78, 5) is 4.12. The van der Waals surface area contributed by atoms with Gasteiger partial charge in [-0.25, -0.2) is 0 Å². The third kappa shape index (κ3) is 3.97. The van der Waals surface area contributed by atoms with Crippen LogP contribution in [0.3, 0.4) is 0 Å². The van der Waals surface area contributed by atoms with Crippen LogP contribution in [0.5, 0.6) is 5.75 Å². The number of hydrogen-bond donors (Lipinski definition) is 0. The predicted octanol–water partition coefficient (Wildman–Crippen LogP) is 3.04. The van der Waals surface area contributed by atoms with Gasteiger partial charge < -0.3 is 4.74 Å². The largest absolute Gasteiger partial charge is 0.492 e. The molecule has 3 heteroatoms. The molecule has 2 nitrogen and oxygen atoms in total. The molecule has 0 radical (unpaired) electrons. The number of alkyl halides is 1. The summed E-state index contributed by atoms with van der Waals surface area (Å²) in [7, 11) is 0. The van der Waals surface area contributed by atoms with Crippen molar-refractivity contribution >= 4 is 11.6 Å². The number of aromatic nitrogens is 1. The van der Waals surface area contributed by atoms with Gasteiger partial charge in [0.1, 0.15) is 5.75 Å². The van der Waals surface area contributed by atoms with Gasteiger partial charge in [-0.05, 0) is 30.9 Å². The molecule has 0 aliphatic carbocycles. The van der Waals surface area contributed by atoms with E-state index in [2.05, 4.69) is 11.9 Å². The highest BCUT2D eigenvalue weighted by Gasteiger charge is 1.97. The normalized spacial score (nSPS) is 10.1. The molecule has 0 aliphatic rings. The molecule has 0 fully saturated rings. The number of aryl methyl sites for hydroxylation is 1. The van der Waals surface area contributed by atoms with Crippen molar-refractivity contribution < 1.29 is 4.74 Å². The van der Waals surface area contributed by atoms with Crippen molar-refractivity contribution in [2.24, 2.45) is 0 Å². The molecule has 78 valence electrons. The van der Waals surface area contributed by atoms with Crippen LogP contribution in [-0.4, -0.2) is 17.5 Å². The fourth-order valence-electron chi connectivity index (χ4n) is 1.17. The van der Waals surface area contributed by atoms with Crippen LogP contribution < -0.4 is 4.74 Å². The Morgan fingerprint density at radius 3 is 3.00 bits per heavy atom. The van der Waals surface area contributed by atoms with Crippen molar-refractivity contribution in [1.29, 1.82) is 0 Å². The van der Waals surface area contributed by atoms with Crippen LogP contribution in [0.4, 0.5) is 0 Å². The molecule has 0 atom stereocenters. The van der Waals surface area contributed by atoms with Gasteiger partial charge in [0, 0.05) is 12.1 Å². The van der Waals surface area contributed by atoms with Gasteiger partial charge in [-0.15, -0.1) is 11.6 Å². The van der Waals surface area contributed by atoms with Crippen LogP contribution in [0, 0.1) is 0 Å². The molecule has 0 spiro atoms. The van der Waals surface area contributed by atoms with Crippen molar-refractivity contribution in [2.45, 2.75) is 26.2 Å². The maximum absolute atomic E-state index is 5.62. The number of pyridine rings is 1. The number of rotatable bonds is 6. The first-order valence-electron chi connectivity index (χ1n) is 4.99. The molecule has 0 amide bonds. The summed E-state index contributed by atoms with van der Waals surface area (Å²) in [5.41, 5.74) is 1.19. The quantitative estimate of drug-likeness (QED) is 0.678. The molecule has 0 aromatic carbocycles. The summed E-state index contributed by atoms with van der Waals surface area (Å²) in [5, 5.41) is 0. The second-order valence-corrected chi connectivity index (χ2v) is 3.55. The molecule has 0 unspecified atom stereocenters. The van der Waals surface area contributed by atoms with Crippen molar-refractivity contribution in [3.63, 3.8) is 0 Å². The Morgan fingerprint density at radius 1 is 1.43 bits per heavy atom. The maximum atomic E-state index is 5.62. The molecular weight excluding hydrogens is 198 g/mol. The van der Waals surface area contributed by atoms with E-state index >= 15 is 0 Å². The highest BCUT2D eigenvalue weighted by molar-refractivity contribution is 6.17. The molecule has 1 aromatic heterocycles. The minimum atomic E-state index is 0.694. The molecule has 14 heavy (non-hydrogen) atoms. The van der Waals surface area contributed by atoms with Gasteiger partial charge in [0.2, 0.25) is 0 Å². The predicted molar refractivity (Wildman–Crippen MR) is 59.1 cm³/mol. The van der Waals surface area contributed by atoms with Crippen LogP contribution >= 0.6 is 11.6 Å². The lowest BCUT2D eigenvalue weighted by molar-refractivity contribution is 0.316. The van der Waals surface area contributed by atoms with Crippen molar-refractivity contribution in [3.8, 4) is 5.75 Å². The van der Waals surface area contributed by atoms with Crippen LogP contribution in [-0.2, 0) is 6.42 Å². The van der Waals surface area contributed by atoms with Crippen molar-refractivity contribution in [1.82, 2.24) is 4.98 Å². The average molecular weight is 214 g/mol. The first-order valence-corrected chi connectivity index (χ1v) is 5.53. The Bertz CT molecular complexity index is 242. The molecule has 0 saturated heterocycles. The molecule has 1 rings (SSSR count). The molecule has 0 N–H and O–H groups in total. The molecule has 0 bridgehead atoms. The average Bonchev–Trinajstić information content (AvgIpc) is 2.24. The smallest absolute Gasteiger partial charge is 0.137 e. The van der Waals surface area contributed by atoms with Gasteiger partial charge in [0.05, 0.1) is 12.8 Å². The Hall–Kier alpha value is -0.760. The molecular formula is C11H16ClNO. The summed E-state index contributed by atoms with van der Waals surface area (Å²) in [6.07, 6.45) is 6.59. The lowest BCUT2D eigenvalue weighted by Crippen LogP contribution is -1.97. The van der Waals surface area contributed by atoms with E-state index in [4.69, 9.17) is 16.3 Å². The zero-order valence-electron chi connectivity index (χ0n) is 8.50. The van der Waals surface area contributed by atoms with Gasteiger partial charge >= 0.3 is 0 Å². The third-order valence-corrected chi connectivity index (χ3v) is 2.11. The summed E-state index contributed by atoms with van der Waals surface area (Å²) < 4.78 is 5.48. The Balaban J connectivity index is 2.50. The number of nitrogens with zero attached hydrogens (tertiary/aromatic N) is 1. The van der Waals surface area contributed by atoms with E-state index in [0.717, 1.165) is 31.6 Å². The van der Waals surface area contributed by atoms with E-state index in [9.17, 15) is 0 Å². The van der Waals surface area contributed by atoms with Gasteiger partial charge in [-0.2, -0.15) is 0 Å². The van der Waals surface area contributed by atoms with E-state index < -0.39 is 0 Å². The SMILES string of the molecule is CCCOc1cncc(CCCCl)c1. The molecule has 1 aromatic rings. The highest BCUT2D eigenvalue weighted by atomic mass is 35.5.